The second-order valence-corrected chi connectivity index (χ2v) is 37.1. The Morgan fingerprint density at radius 3 is 0.979 bits per heavy atom. The van der Waals surface area contributed by atoms with E-state index < -0.39 is 0 Å². The van der Waals surface area contributed by atoms with Crippen LogP contribution < -0.4 is 0 Å². The van der Waals surface area contributed by atoms with E-state index in [4.69, 9.17) is 38.7 Å². The van der Waals surface area contributed by atoms with Crippen LogP contribution >= 0.6 is 0 Å². The van der Waals surface area contributed by atoms with E-state index in [1.807, 2.05) is 0 Å². The van der Waals surface area contributed by atoms with Gasteiger partial charge < -0.3 is 27.1 Å². The van der Waals surface area contributed by atoms with Crippen LogP contribution in [0.1, 0.15) is 0 Å². The molecule has 0 saturated carbocycles. The molecular weight excluding hydrogens is 1730 g/mol. The van der Waals surface area contributed by atoms with Crippen molar-refractivity contribution in [2.24, 2.45) is 0 Å². The minimum Gasteiger partial charge on any atom is -0.455 e. The Kier molecular flexibility index (Phi) is 17.3. The highest BCUT2D eigenvalue weighted by Gasteiger charge is 2.30. The second-order valence-electron chi connectivity index (χ2n) is 37.1. The summed E-state index contributed by atoms with van der Waals surface area (Å²) in [4.78, 5) is 34.5. The van der Waals surface area contributed by atoms with Gasteiger partial charge in [0.1, 0.15) is 22.3 Å². The summed E-state index contributed by atoms with van der Waals surface area (Å²) in [6.07, 6.45) is 0. The lowest BCUT2D eigenvalue weighted by molar-refractivity contribution is 0.672. The third-order valence-electron chi connectivity index (χ3n) is 29.2. The minimum absolute atomic E-state index is 0.505. The van der Waals surface area contributed by atoms with Crippen molar-refractivity contribution in [3.05, 3.63) is 461 Å². The van der Waals surface area contributed by atoms with E-state index in [0.717, 1.165) is 258 Å². The Hall–Kier alpha value is -19.3. The number of aromatic nitrogens is 10. The van der Waals surface area contributed by atoms with Gasteiger partial charge in [-0.15, -0.1) is 0 Å². The first kappa shape index (κ1) is 79.0. The standard InChI is InChI=1S/C130H76N10O2/c1-4-28-77(29-5-1)83-36-25-38-90(67-83)126-133-128(103-51-27-49-99-95-45-17-21-53-112(95)138(122(99)103)92-41-8-3-9-42-92)136-130(134-126)110-74-108-101-65-63-80-58-61-89(68-104(80)124(101)142-120(108)76-118(110)140-114-55-23-19-47-97(114)106-70-86-32-11-13-34-88(86)72-116(106)140)84-37-24-35-82(66-84)78-56-59-81(60-57-78)125-131-127(102-50-26-48-98-94-44-16-20-52-111(94)137(121(98)102)91-39-6-2-7-40-91)135-129(132-125)109-73-107-100-64-62-79-30-14-15-43-93(79)123(100)141-119(107)75-117(109)139-113-54-22-18-46-96(113)105-69-85-31-10-12-33-87(85)71-115(105)139/h1-76H. The van der Waals surface area contributed by atoms with Gasteiger partial charge in [0.2, 0.25) is 0 Å². The molecule has 658 valence electrons. The molecule has 0 N–H and O–H groups in total. The van der Waals surface area contributed by atoms with Crippen molar-refractivity contribution in [3.63, 3.8) is 0 Å². The predicted octanol–water partition coefficient (Wildman–Crippen LogP) is 33.9. The minimum atomic E-state index is 0.505. The van der Waals surface area contributed by atoms with E-state index in [-0.39, 0.29) is 0 Å². The van der Waals surface area contributed by atoms with E-state index in [1.165, 1.54) is 5.39 Å². The van der Waals surface area contributed by atoms with E-state index in [0.29, 0.717) is 34.9 Å². The Labute approximate surface area is 811 Å². The van der Waals surface area contributed by atoms with Crippen LogP contribution in [-0.4, -0.2) is 48.2 Å². The lowest BCUT2D eigenvalue weighted by Crippen LogP contribution is -2.05. The molecule has 8 heterocycles. The number of hydrogen-bond donors (Lipinski definition) is 0. The fraction of sp³-hybridized carbons (Fsp3) is 0. The molecule has 142 heavy (non-hydrogen) atoms. The molecule has 0 aliphatic heterocycles. The SMILES string of the molecule is c1ccc(-c2cccc(-c3nc(-c4cc5c(cc4-n4c6ccccc6c6cc7ccccc7cc64)oc4c6cc(-c7cccc(-c8ccc(-c9nc(-c%10cc%11c(cc%10-n%10c%12ccccc%12c%12cc%13ccccc%13cc%12%10)oc%10c%12ccccc%12ccc%11%10)nc(-c%10cccc%11c%12ccccc%12n(-c%12ccccc%12)c%10%11)n9)cc8)c7)ccc6ccc54)nc(-c4cccc5c6ccccc6n(-c6ccccc6)c45)n3)c2)cc1. The molecule has 0 bridgehead atoms. The van der Waals surface area contributed by atoms with Crippen molar-refractivity contribution < 1.29 is 8.83 Å². The summed E-state index contributed by atoms with van der Waals surface area (Å²) in [5.74, 6) is 3.13. The highest BCUT2D eigenvalue weighted by molar-refractivity contribution is 6.22. The van der Waals surface area contributed by atoms with Crippen LogP contribution in [0.4, 0.5) is 0 Å². The van der Waals surface area contributed by atoms with Gasteiger partial charge in [0.05, 0.1) is 55.5 Å². The van der Waals surface area contributed by atoms with Crippen molar-refractivity contribution in [2.75, 3.05) is 0 Å². The zero-order valence-electron chi connectivity index (χ0n) is 76.2. The van der Waals surface area contributed by atoms with Crippen molar-refractivity contribution in [1.29, 1.82) is 0 Å². The summed E-state index contributed by atoms with van der Waals surface area (Å²) in [6.45, 7) is 0. The molecule has 0 saturated heterocycles. The molecule has 30 rings (SSSR count). The highest BCUT2D eigenvalue weighted by atomic mass is 16.3. The number of rotatable bonds is 13. The largest absolute Gasteiger partial charge is 0.455 e. The third kappa shape index (κ3) is 12.3. The van der Waals surface area contributed by atoms with E-state index in [2.05, 4.69) is 479 Å². The summed E-state index contributed by atoms with van der Waals surface area (Å²) in [7, 11) is 0. The maximum atomic E-state index is 7.53. The van der Waals surface area contributed by atoms with Gasteiger partial charge in [0.25, 0.3) is 0 Å². The number of furan rings is 2. The Morgan fingerprint density at radius 2 is 0.479 bits per heavy atom. The molecular formula is C130H76N10O2. The molecule has 0 spiro atoms. The van der Waals surface area contributed by atoms with Gasteiger partial charge in [-0.05, 0) is 193 Å². The van der Waals surface area contributed by atoms with Crippen LogP contribution in [0.25, 0.3) is 299 Å². The lowest BCUT2D eigenvalue weighted by Gasteiger charge is -2.16. The maximum Gasteiger partial charge on any atom is 0.166 e. The Morgan fingerprint density at radius 1 is 0.155 bits per heavy atom. The second kappa shape index (κ2) is 31.1. The highest BCUT2D eigenvalue weighted by Crippen LogP contribution is 2.50. The van der Waals surface area contributed by atoms with E-state index >= 15 is 0 Å². The van der Waals surface area contributed by atoms with Crippen molar-refractivity contribution in [2.45, 2.75) is 0 Å². The zero-order chi connectivity index (χ0) is 92.9. The van der Waals surface area contributed by atoms with Crippen molar-refractivity contribution in [1.82, 2.24) is 48.2 Å². The molecule has 0 aliphatic carbocycles. The molecule has 0 aliphatic rings. The molecule has 22 aromatic carbocycles. The number of nitrogens with zero attached hydrogens (tertiary/aromatic N) is 10. The van der Waals surface area contributed by atoms with E-state index in [9.17, 15) is 0 Å². The first-order chi connectivity index (χ1) is 70.4. The number of para-hydroxylation sites is 8. The number of fused-ring (bicyclic) bond motifs is 24. The first-order valence-corrected chi connectivity index (χ1v) is 48.1. The van der Waals surface area contributed by atoms with Gasteiger partial charge in [-0.2, -0.15) is 0 Å². The fourth-order valence-corrected chi connectivity index (χ4v) is 22.6. The molecule has 0 fully saturated rings. The van der Waals surface area contributed by atoms with Crippen LogP contribution in [-0.2, 0) is 0 Å². The molecule has 0 amide bonds. The van der Waals surface area contributed by atoms with Crippen LogP contribution in [0.5, 0.6) is 0 Å². The molecule has 8 aromatic heterocycles. The smallest absolute Gasteiger partial charge is 0.166 e. The maximum absolute atomic E-state index is 7.53. The first-order valence-electron chi connectivity index (χ1n) is 48.1. The topological polar surface area (TPSA) is 123 Å². The molecule has 0 atom stereocenters. The normalized spacial score (nSPS) is 12.1. The third-order valence-corrected chi connectivity index (χ3v) is 29.2. The van der Waals surface area contributed by atoms with Crippen LogP contribution in [0.15, 0.2) is 470 Å². The molecule has 12 nitrogen and oxygen atoms in total. The van der Waals surface area contributed by atoms with Crippen LogP contribution in [0.3, 0.4) is 0 Å². The number of hydrogen-bond acceptors (Lipinski definition) is 8. The van der Waals surface area contributed by atoms with E-state index in [1.54, 1.807) is 0 Å². The van der Waals surface area contributed by atoms with Crippen molar-refractivity contribution in [3.8, 4) is 124 Å². The molecule has 0 radical (unpaired) electrons. The van der Waals surface area contributed by atoms with Crippen LogP contribution in [0, 0.1) is 0 Å². The predicted molar refractivity (Wildman–Crippen MR) is 584 cm³/mol. The Balaban J connectivity index is 0.587. The van der Waals surface area contributed by atoms with Gasteiger partial charge in [-0.1, -0.05) is 322 Å². The Bertz CT molecular complexity index is 10600. The average molecular weight is 1810 g/mol. The number of benzene rings is 22. The summed E-state index contributed by atoms with van der Waals surface area (Å²) < 4.78 is 24.2. The van der Waals surface area contributed by atoms with Gasteiger partial charge in [0.15, 0.2) is 34.9 Å². The van der Waals surface area contributed by atoms with Gasteiger partial charge >= 0.3 is 0 Å². The van der Waals surface area contributed by atoms with Crippen LogP contribution in [0.2, 0.25) is 0 Å². The van der Waals surface area contributed by atoms with Crippen molar-refractivity contribution >= 4 is 174 Å². The summed E-state index contributed by atoms with van der Waals surface area (Å²) >= 11 is 0. The zero-order valence-corrected chi connectivity index (χ0v) is 76.2. The monoisotopic (exact) mass is 1810 g/mol. The summed E-state index contributed by atoms with van der Waals surface area (Å²) in [5, 5.41) is 21.5. The fourth-order valence-electron chi connectivity index (χ4n) is 22.6. The van der Waals surface area contributed by atoms with Gasteiger partial charge in [-0.3, -0.25) is 0 Å². The lowest BCUT2D eigenvalue weighted by atomic mass is 9.96. The summed E-state index contributed by atoms with van der Waals surface area (Å²) in [5.41, 5.74) is 26.5. The molecule has 30 aromatic rings. The summed E-state index contributed by atoms with van der Waals surface area (Å²) in [6, 6.07) is 165. The average Bonchev–Trinajstić information content (AvgIpc) is 1.56. The van der Waals surface area contributed by atoms with Gasteiger partial charge in [-0.25, -0.2) is 29.9 Å². The quantitative estimate of drug-likeness (QED) is 0.112. The van der Waals surface area contributed by atoms with Gasteiger partial charge in [0, 0.05) is 132 Å². The molecule has 12 heteroatoms. The molecule has 0 unspecified atom stereocenters.